The number of hydrogen-bond donors (Lipinski definition) is 2. The fourth-order valence-electron chi connectivity index (χ4n) is 11.0. The lowest BCUT2D eigenvalue weighted by atomic mass is 9.47. The van der Waals surface area contributed by atoms with Gasteiger partial charge in [-0.25, -0.2) is 4.79 Å². The second-order valence-corrected chi connectivity index (χ2v) is 18.0. The van der Waals surface area contributed by atoms with Gasteiger partial charge in [-0.3, -0.25) is 0 Å². The van der Waals surface area contributed by atoms with E-state index in [0.717, 1.165) is 60.8 Å². The van der Waals surface area contributed by atoms with E-state index >= 15 is 0 Å². The lowest BCUT2D eigenvalue weighted by Gasteiger charge is -2.58. The first-order valence-corrected chi connectivity index (χ1v) is 21.6. The summed E-state index contributed by atoms with van der Waals surface area (Å²) in [6.45, 7) is 14.8. The SMILES string of the molecule is CC(C)CCCC(C)[C@H]1CC[C@H]2[C@@H]3CC=C4C[C@@H](O)CC[C@]4(C)[C@H]3CC[C@]12C.CCCCCCCCCCCCCC=CC=CC=CC(=O)O. The van der Waals surface area contributed by atoms with Crippen molar-refractivity contribution in [2.75, 3.05) is 0 Å². The number of rotatable bonds is 20. The summed E-state index contributed by atoms with van der Waals surface area (Å²) in [6, 6.07) is 0. The zero-order valence-electron chi connectivity index (χ0n) is 33.6. The Morgan fingerprint density at radius 1 is 0.800 bits per heavy atom. The number of aliphatic hydroxyl groups is 1. The molecule has 2 N–H and O–H groups in total. The molecule has 3 saturated carbocycles. The van der Waals surface area contributed by atoms with Gasteiger partial charge in [0.2, 0.25) is 0 Å². The zero-order valence-corrected chi connectivity index (χ0v) is 33.6. The Hall–Kier alpha value is -1.61. The second-order valence-electron chi connectivity index (χ2n) is 18.0. The molecule has 4 aliphatic rings. The molecular formula is C47H80O3. The van der Waals surface area contributed by atoms with Crippen molar-refractivity contribution in [3.8, 4) is 0 Å². The third-order valence-corrected chi connectivity index (χ3v) is 14.0. The summed E-state index contributed by atoms with van der Waals surface area (Å²) in [4.78, 5) is 10.2. The molecule has 50 heavy (non-hydrogen) atoms. The summed E-state index contributed by atoms with van der Waals surface area (Å²) in [6.07, 6.45) is 43.8. The third kappa shape index (κ3) is 13.1. The van der Waals surface area contributed by atoms with Crippen LogP contribution in [0.5, 0.6) is 0 Å². The van der Waals surface area contributed by atoms with Gasteiger partial charge in [0.15, 0.2) is 0 Å². The largest absolute Gasteiger partial charge is 0.478 e. The minimum absolute atomic E-state index is 0.0766. The Bertz CT molecular complexity index is 1080. The molecule has 286 valence electrons. The van der Waals surface area contributed by atoms with E-state index < -0.39 is 5.97 Å². The second kappa shape index (κ2) is 22.5. The highest BCUT2D eigenvalue weighted by atomic mass is 16.4. The Morgan fingerprint density at radius 2 is 1.46 bits per heavy atom. The van der Waals surface area contributed by atoms with Gasteiger partial charge in [0.05, 0.1) is 6.10 Å². The number of aliphatic carboxylic acids is 1. The highest BCUT2D eigenvalue weighted by Crippen LogP contribution is 2.67. The standard InChI is InChI=1S/C27H46O.C20H34O2/c1-18(2)7-6-8-19(3)23-11-12-24-22-10-9-20-17-21(28)13-15-26(20,4)25(22)14-16-27(23,24)5;1-2-3-4-5-6-7-8-9-10-11-12-13-14-15-16-17-18-19-20(21)22/h9,18-19,21-25,28H,6-8,10-17H2,1-5H3;14-19H,2-13H2,1H3,(H,21,22)/t19?,21-,22-,23+,24-,25-,26-,27+;/m0./s1. The molecule has 0 amide bonds. The first kappa shape index (κ1) is 42.8. The molecular weight excluding hydrogens is 613 g/mol. The molecule has 8 atom stereocenters. The van der Waals surface area contributed by atoms with E-state index in [1.807, 2.05) is 12.2 Å². The number of unbranched alkanes of at least 4 members (excludes halogenated alkanes) is 11. The van der Waals surface area contributed by atoms with Crippen LogP contribution in [-0.2, 0) is 4.79 Å². The van der Waals surface area contributed by atoms with Gasteiger partial charge >= 0.3 is 5.97 Å². The summed E-state index contributed by atoms with van der Waals surface area (Å²) >= 11 is 0. The predicted octanol–water partition coefficient (Wildman–Crippen LogP) is 13.8. The molecule has 0 aliphatic heterocycles. The molecule has 0 heterocycles. The molecule has 0 radical (unpaired) electrons. The van der Waals surface area contributed by atoms with E-state index in [-0.39, 0.29) is 6.10 Å². The zero-order chi connectivity index (χ0) is 36.4. The summed E-state index contributed by atoms with van der Waals surface area (Å²) in [5.41, 5.74) is 2.60. The van der Waals surface area contributed by atoms with Gasteiger partial charge in [-0.2, -0.15) is 0 Å². The Morgan fingerprint density at radius 3 is 2.12 bits per heavy atom. The van der Waals surface area contributed by atoms with Crippen LogP contribution in [0.25, 0.3) is 0 Å². The monoisotopic (exact) mass is 693 g/mol. The van der Waals surface area contributed by atoms with Crippen molar-refractivity contribution in [3.63, 3.8) is 0 Å². The third-order valence-electron chi connectivity index (χ3n) is 14.0. The van der Waals surface area contributed by atoms with Crippen molar-refractivity contribution < 1.29 is 15.0 Å². The maximum atomic E-state index is 10.2. The van der Waals surface area contributed by atoms with Gasteiger partial charge in [-0.15, -0.1) is 0 Å². The number of carboxylic acids is 1. The van der Waals surface area contributed by atoms with E-state index in [4.69, 9.17) is 5.11 Å². The first-order chi connectivity index (χ1) is 24.0. The molecule has 0 spiro atoms. The highest BCUT2D eigenvalue weighted by Gasteiger charge is 2.59. The van der Waals surface area contributed by atoms with Gasteiger partial charge in [0, 0.05) is 6.08 Å². The van der Waals surface area contributed by atoms with Crippen molar-refractivity contribution in [1.82, 2.24) is 0 Å². The molecule has 0 aromatic rings. The van der Waals surface area contributed by atoms with Crippen LogP contribution in [0.1, 0.15) is 189 Å². The van der Waals surface area contributed by atoms with Gasteiger partial charge in [-0.05, 0) is 111 Å². The van der Waals surface area contributed by atoms with Gasteiger partial charge < -0.3 is 10.2 Å². The minimum atomic E-state index is -0.908. The molecule has 3 heteroatoms. The molecule has 4 aliphatic carbocycles. The van der Waals surface area contributed by atoms with Crippen molar-refractivity contribution >= 4 is 5.97 Å². The summed E-state index contributed by atoms with van der Waals surface area (Å²) in [7, 11) is 0. The average molecular weight is 693 g/mol. The molecule has 3 nitrogen and oxygen atoms in total. The maximum Gasteiger partial charge on any atom is 0.328 e. The number of carboxylic acid groups (broad SMARTS) is 1. The van der Waals surface area contributed by atoms with Gasteiger partial charge in [-0.1, -0.05) is 167 Å². The van der Waals surface area contributed by atoms with Crippen LogP contribution in [0.15, 0.2) is 48.1 Å². The van der Waals surface area contributed by atoms with E-state index in [1.165, 1.54) is 134 Å². The van der Waals surface area contributed by atoms with Crippen LogP contribution in [0, 0.1) is 46.3 Å². The Labute approximate surface area is 310 Å². The Balaban J connectivity index is 0.000000281. The lowest BCUT2D eigenvalue weighted by molar-refractivity contribution is -0.131. The molecule has 0 bridgehead atoms. The van der Waals surface area contributed by atoms with E-state index in [2.05, 4.69) is 53.7 Å². The number of carbonyl (C=O) groups is 1. The van der Waals surface area contributed by atoms with Crippen LogP contribution in [0.4, 0.5) is 0 Å². The van der Waals surface area contributed by atoms with Crippen LogP contribution in [0.3, 0.4) is 0 Å². The summed E-state index contributed by atoms with van der Waals surface area (Å²) in [5, 5.41) is 18.6. The number of aliphatic hydroxyl groups excluding tert-OH is 1. The van der Waals surface area contributed by atoms with Crippen LogP contribution < -0.4 is 0 Å². The van der Waals surface area contributed by atoms with Crippen molar-refractivity contribution in [3.05, 3.63) is 48.1 Å². The summed E-state index contributed by atoms with van der Waals surface area (Å²) < 4.78 is 0. The van der Waals surface area contributed by atoms with Gasteiger partial charge in [0.25, 0.3) is 0 Å². The highest BCUT2D eigenvalue weighted by molar-refractivity contribution is 5.80. The smallest absolute Gasteiger partial charge is 0.328 e. The molecule has 0 aromatic carbocycles. The normalized spacial score (nSPS) is 31.4. The van der Waals surface area contributed by atoms with Crippen LogP contribution >= 0.6 is 0 Å². The van der Waals surface area contributed by atoms with Gasteiger partial charge in [0.1, 0.15) is 0 Å². The molecule has 4 rings (SSSR count). The van der Waals surface area contributed by atoms with Crippen molar-refractivity contribution in [2.24, 2.45) is 46.3 Å². The van der Waals surface area contributed by atoms with Crippen molar-refractivity contribution in [1.29, 1.82) is 0 Å². The predicted molar refractivity (Wildman–Crippen MR) is 215 cm³/mol. The van der Waals surface area contributed by atoms with E-state index in [0.29, 0.717) is 10.8 Å². The quantitative estimate of drug-likeness (QED) is 0.0578. The van der Waals surface area contributed by atoms with Crippen molar-refractivity contribution in [2.45, 2.75) is 195 Å². The maximum absolute atomic E-state index is 10.2. The van der Waals surface area contributed by atoms with E-state index in [9.17, 15) is 9.90 Å². The average Bonchev–Trinajstić information content (AvgIpc) is 3.44. The fourth-order valence-corrected chi connectivity index (χ4v) is 11.0. The molecule has 3 fully saturated rings. The molecule has 0 saturated heterocycles. The number of hydrogen-bond acceptors (Lipinski definition) is 2. The lowest BCUT2D eigenvalue weighted by Crippen LogP contribution is -2.50. The van der Waals surface area contributed by atoms with E-state index in [1.54, 1.807) is 11.6 Å². The van der Waals surface area contributed by atoms with Crippen LogP contribution in [-0.4, -0.2) is 22.3 Å². The number of fused-ring (bicyclic) bond motifs is 5. The first-order valence-electron chi connectivity index (χ1n) is 21.6. The molecule has 1 unspecified atom stereocenters. The topological polar surface area (TPSA) is 57.5 Å². The summed E-state index contributed by atoms with van der Waals surface area (Å²) in [5.74, 6) is 4.55. The number of allylic oxidation sites excluding steroid dienone is 6. The molecule has 0 aromatic heterocycles. The minimum Gasteiger partial charge on any atom is -0.478 e. The Kier molecular flexibility index (Phi) is 19.2. The van der Waals surface area contributed by atoms with Crippen LogP contribution in [0.2, 0.25) is 0 Å². The fraction of sp³-hybridized carbons (Fsp3) is 0.809.